The summed E-state index contributed by atoms with van der Waals surface area (Å²) < 4.78 is 5.77. The van der Waals surface area contributed by atoms with Crippen LogP contribution in [0.2, 0.25) is 0 Å². The number of hydrogen-bond donors (Lipinski definition) is 0. The van der Waals surface area contributed by atoms with Crippen LogP contribution in [0.4, 0.5) is 5.69 Å². The Bertz CT molecular complexity index is 916. The molecule has 0 radical (unpaired) electrons. The number of Topliss-reactive ketones (excluding diaryl/α,β-unsaturated/α-hetero) is 1. The van der Waals surface area contributed by atoms with Crippen molar-refractivity contribution in [1.29, 1.82) is 0 Å². The van der Waals surface area contributed by atoms with Gasteiger partial charge in [0.05, 0.1) is 5.25 Å². The second-order valence-electron chi connectivity index (χ2n) is 6.58. The zero-order valence-corrected chi connectivity index (χ0v) is 17.5. The first kappa shape index (κ1) is 20.1. The maximum Gasteiger partial charge on any atom is 0.277 e. The van der Waals surface area contributed by atoms with E-state index in [0.717, 1.165) is 24.2 Å². The zero-order valence-electron chi connectivity index (χ0n) is 16.7. The molecular weight excluding hydrogens is 370 g/mol. The molecule has 0 fully saturated rings. The molecule has 0 aliphatic rings. The van der Waals surface area contributed by atoms with E-state index in [1.807, 2.05) is 50.2 Å². The number of carbonyl (C=O) groups excluding carboxylic acids is 1. The van der Waals surface area contributed by atoms with Gasteiger partial charge in [0.2, 0.25) is 5.89 Å². The van der Waals surface area contributed by atoms with Gasteiger partial charge < -0.3 is 9.32 Å². The molecule has 0 bridgehead atoms. The molecule has 2 aromatic carbocycles. The van der Waals surface area contributed by atoms with Crippen LogP contribution < -0.4 is 4.90 Å². The molecular formula is C22H25N3O2S. The standard InChI is InChI=1S/C22H25N3O2S/c1-5-25(6-2)19-13-11-18(12-14-19)21-23-24-22(27-21)28-16(4)20(26)17-9-7-15(3)8-10-17/h7-14,16H,5-6H2,1-4H3/t16-/m0/s1. The van der Waals surface area contributed by atoms with Gasteiger partial charge in [-0.05, 0) is 52.0 Å². The number of ketones is 1. The van der Waals surface area contributed by atoms with Crippen LogP contribution in [0.1, 0.15) is 36.7 Å². The SMILES string of the molecule is CCN(CC)c1ccc(-c2nnc(S[C@@H](C)C(=O)c3ccc(C)cc3)o2)cc1. The van der Waals surface area contributed by atoms with Gasteiger partial charge in [-0.1, -0.05) is 41.6 Å². The number of benzene rings is 2. The highest BCUT2D eigenvalue weighted by Crippen LogP contribution is 2.28. The Morgan fingerprint density at radius 2 is 1.68 bits per heavy atom. The Hall–Kier alpha value is -2.60. The van der Waals surface area contributed by atoms with E-state index in [2.05, 4.69) is 41.1 Å². The first-order valence-corrected chi connectivity index (χ1v) is 10.4. The van der Waals surface area contributed by atoms with Crippen molar-refractivity contribution in [3.05, 3.63) is 59.7 Å². The summed E-state index contributed by atoms with van der Waals surface area (Å²) in [5.74, 6) is 0.511. The third-order valence-corrected chi connectivity index (χ3v) is 5.57. The molecule has 5 nitrogen and oxygen atoms in total. The van der Waals surface area contributed by atoms with Crippen molar-refractivity contribution in [2.75, 3.05) is 18.0 Å². The fourth-order valence-corrected chi connectivity index (χ4v) is 3.70. The molecule has 28 heavy (non-hydrogen) atoms. The Labute approximate surface area is 170 Å². The van der Waals surface area contributed by atoms with E-state index in [9.17, 15) is 4.79 Å². The number of aryl methyl sites for hydroxylation is 1. The van der Waals surface area contributed by atoms with Crippen LogP contribution in [0, 0.1) is 6.92 Å². The largest absolute Gasteiger partial charge is 0.411 e. The summed E-state index contributed by atoms with van der Waals surface area (Å²) in [6, 6.07) is 15.7. The lowest BCUT2D eigenvalue weighted by Crippen LogP contribution is -2.21. The minimum absolute atomic E-state index is 0.0494. The number of rotatable bonds is 8. The molecule has 0 aliphatic heterocycles. The van der Waals surface area contributed by atoms with Gasteiger partial charge in [0.25, 0.3) is 5.22 Å². The number of aromatic nitrogens is 2. The Morgan fingerprint density at radius 3 is 2.29 bits per heavy atom. The van der Waals surface area contributed by atoms with Gasteiger partial charge >= 0.3 is 0 Å². The third-order valence-electron chi connectivity index (χ3n) is 4.63. The number of carbonyl (C=O) groups is 1. The fraction of sp³-hybridized carbons (Fsp3) is 0.318. The molecule has 0 unspecified atom stereocenters. The average molecular weight is 396 g/mol. The highest BCUT2D eigenvalue weighted by Gasteiger charge is 2.20. The Kier molecular flexibility index (Phi) is 6.52. The molecule has 0 aliphatic carbocycles. The average Bonchev–Trinajstić information content (AvgIpc) is 3.18. The van der Waals surface area contributed by atoms with Crippen molar-refractivity contribution in [3.8, 4) is 11.5 Å². The summed E-state index contributed by atoms with van der Waals surface area (Å²) >= 11 is 1.28. The first-order valence-electron chi connectivity index (χ1n) is 9.48. The van der Waals surface area contributed by atoms with Gasteiger partial charge in [-0.15, -0.1) is 10.2 Å². The molecule has 0 spiro atoms. The first-order chi connectivity index (χ1) is 13.5. The second-order valence-corrected chi connectivity index (χ2v) is 7.87. The fourth-order valence-electron chi connectivity index (χ4n) is 2.93. The molecule has 1 atom stereocenters. The van der Waals surface area contributed by atoms with Crippen LogP contribution in [0.3, 0.4) is 0 Å². The number of anilines is 1. The molecule has 3 rings (SSSR count). The summed E-state index contributed by atoms with van der Waals surface area (Å²) in [6.45, 7) is 10.1. The van der Waals surface area contributed by atoms with Crippen LogP contribution in [-0.4, -0.2) is 34.3 Å². The van der Waals surface area contributed by atoms with Gasteiger partial charge in [-0.25, -0.2) is 0 Å². The smallest absolute Gasteiger partial charge is 0.277 e. The minimum Gasteiger partial charge on any atom is -0.411 e. The zero-order chi connectivity index (χ0) is 20.1. The topological polar surface area (TPSA) is 59.2 Å². The molecule has 1 heterocycles. The van der Waals surface area contributed by atoms with Crippen molar-refractivity contribution in [2.45, 2.75) is 38.2 Å². The van der Waals surface area contributed by atoms with Crippen LogP contribution in [0.15, 0.2) is 58.2 Å². The summed E-state index contributed by atoms with van der Waals surface area (Å²) in [4.78, 5) is 14.9. The van der Waals surface area contributed by atoms with Gasteiger partial charge in [0.15, 0.2) is 5.78 Å². The maximum atomic E-state index is 12.6. The maximum absolute atomic E-state index is 12.6. The van der Waals surface area contributed by atoms with Gasteiger partial charge in [0.1, 0.15) is 0 Å². The van der Waals surface area contributed by atoms with Crippen LogP contribution in [-0.2, 0) is 0 Å². The van der Waals surface area contributed by atoms with E-state index in [1.54, 1.807) is 0 Å². The monoisotopic (exact) mass is 395 g/mol. The van der Waals surface area contributed by atoms with E-state index >= 15 is 0 Å². The highest BCUT2D eigenvalue weighted by atomic mass is 32.2. The normalized spacial score (nSPS) is 12.0. The lowest BCUT2D eigenvalue weighted by atomic mass is 10.1. The van der Waals surface area contributed by atoms with Gasteiger partial charge in [-0.2, -0.15) is 0 Å². The number of thioether (sulfide) groups is 1. The van der Waals surface area contributed by atoms with Crippen molar-refractivity contribution in [2.24, 2.45) is 0 Å². The lowest BCUT2D eigenvalue weighted by Gasteiger charge is -2.20. The molecule has 3 aromatic rings. The van der Waals surface area contributed by atoms with Crippen molar-refractivity contribution < 1.29 is 9.21 Å². The molecule has 0 N–H and O–H groups in total. The van der Waals surface area contributed by atoms with E-state index in [1.165, 1.54) is 17.4 Å². The van der Waals surface area contributed by atoms with E-state index in [4.69, 9.17) is 4.42 Å². The van der Waals surface area contributed by atoms with Crippen LogP contribution in [0.25, 0.3) is 11.5 Å². The number of hydrogen-bond acceptors (Lipinski definition) is 6. The minimum atomic E-state index is -0.305. The van der Waals surface area contributed by atoms with Crippen molar-refractivity contribution >= 4 is 23.2 Å². The van der Waals surface area contributed by atoms with E-state index in [-0.39, 0.29) is 11.0 Å². The van der Waals surface area contributed by atoms with Crippen molar-refractivity contribution in [1.82, 2.24) is 10.2 Å². The molecule has 146 valence electrons. The summed E-state index contributed by atoms with van der Waals surface area (Å²) in [5.41, 5.74) is 3.86. The predicted octanol–water partition coefficient (Wildman–Crippen LogP) is 5.25. The molecule has 0 saturated heterocycles. The third kappa shape index (κ3) is 4.62. The van der Waals surface area contributed by atoms with Gasteiger partial charge in [-0.3, -0.25) is 4.79 Å². The summed E-state index contributed by atoms with van der Waals surface area (Å²) in [6.07, 6.45) is 0. The highest BCUT2D eigenvalue weighted by molar-refractivity contribution is 8.00. The lowest BCUT2D eigenvalue weighted by molar-refractivity contribution is 0.0993. The van der Waals surface area contributed by atoms with Crippen LogP contribution >= 0.6 is 11.8 Å². The Balaban J connectivity index is 1.68. The molecule has 6 heteroatoms. The van der Waals surface area contributed by atoms with Crippen molar-refractivity contribution in [3.63, 3.8) is 0 Å². The van der Waals surface area contributed by atoms with E-state index < -0.39 is 0 Å². The molecule has 0 amide bonds. The Morgan fingerprint density at radius 1 is 1.04 bits per heavy atom. The van der Waals surface area contributed by atoms with E-state index in [0.29, 0.717) is 16.7 Å². The van der Waals surface area contributed by atoms with Gasteiger partial charge in [0, 0.05) is 29.9 Å². The molecule has 1 aromatic heterocycles. The second kappa shape index (κ2) is 9.06. The van der Waals surface area contributed by atoms with Crippen LogP contribution in [0.5, 0.6) is 0 Å². The number of nitrogens with zero attached hydrogens (tertiary/aromatic N) is 3. The predicted molar refractivity (Wildman–Crippen MR) is 114 cm³/mol. The summed E-state index contributed by atoms with van der Waals surface area (Å²) in [7, 11) is 0. The molecule has 0 saturated carbocycles. The quantitative estimate of drug-likeness (QED) is 0.383. The summed E-state index contributed by atoms with van der Waals surface area (Å²) in [5, 5.41) is 8.33.